The van der Waals surface area contributed by atoms with E-state index >= 15 is 0 Å². The molecule has 0 radical (unpaired) electrons. The molecule has 1 rings (SSSR count). The summed E-state index contributed by atoms with van der Waals surface area (Å²) < 4.78 is 0. The lowest BCUT2D eigenvalue weighted by molar-refractivity contribution is -0.137. The van der Waals surface area contributed by atoms with Crippen LogP contribution in [0, 0.1) is 5.41 Å². The minimum atomic E-state index is -0.783. The average Bonchev–Trinajstić information content (AvgIpc) is 2.63. The molecule has 0 spiro atoms. The van der Waals surface area contributed by atoms with Crippen LogP contribution in [0.25, 0.3) is 0 Å². The van der Waals surface area contributed by atoms with Crippen molar-refractivity contribution in [2.75, 3.05) is 13.6 Å². The fourth-order valence-electron chi connectivity index (χ4n) is 2.81. The Morgan fingerprint density at radius 1 is 1.33 bits per heavy atom. The zero-order chi connectivity index (χ0) is 13.6. The van der Waals surface area contributed by atoms with E-state index in [1.165, 1.54) is 0 Å². The van der Waals surface area contributed by atoms with Crippen molar-refractivity contribution >= 4 is 11.7 Å². The third kappa shape index (κ3) is 2.94. The van der Waals surface area contributed by atoms with Gasteiger partial charge in [0.15, 0.2) is 5.84 Å². The standard InChI is InChI=1S/C13H25N3O2/c1-3-10-16(2)12(17)13(11(14)15-18)8-6-4-5-7-9-13/h18H,3-10H2,1-2H3,(H2,14,15). The van der Waals surface area contributed by atoms with E-state index in [0.717, 1.165) is 32.1 Å². The highest BCUT2D eigenvalue weighted by atomic mass is 16.4. The Morgan fingerprint density at radius 2 is 1.89 bits per heavy atom. The van der Waals surface area contributed by atoms with Crippen molar-refractivity contribution in [2.45, 2.75) is 51.9 Å². The average molecular weight is 255 g/mol. The van der Waals surface area contributed by atoms with Crippen molar-refractivity contribution in [1.29, 1.82) is 0 Å². The van der Waals surface area contributed by atoms with Crippen molar-refractivity contribution in [3.05, 3.63) is 0 Å². The van der Waals surface area contributed by atoms with Gasteiger partial charge in [-0.2, -0.15) is 0 Å². The summed E-state index contributed by atoms with van der Waals surface area (Å²) in [6.07, 6.45) is 6.44. The highest BCUT2D eigenvalue weighted by Gasteiger charge is 2.44. The van der Waals surface area contributed by atoms with Gasteiger partial charge in [-0.3, -0.25) is 4.79 Å². The van der Waals surface area contributed by atoms with Crippen LogP contribution in [0.1, 0.15) is 51.9 Å². The lowest BCUT2D eigenvalue weighted by Gasteiger charge is -2.33. The first-order chi connectivity index (χ1) is 8.58. The Morgan fingerprint density at radius 3 is 2.33 bits per heavy atom. The molecule has 1 aliphatic rings. The van der Waals surface area contributed by atoms with Gasteiger partial charge in [-0.1, -0.05) is 37.8 Å². The number of rotatable bonds is 4. The summed E-state index contributed by atoms with van der Waals surface area (Å²) in [7, 11) is 1.79. The summed E-state index contributed by atoms with van der Waals surface area (Å²) >= 11 is 0. The molecule has 1 saturated carbocycles. The largest absolute Gasteiger partial charge is 0.409 e. The van der Waals surface area contributed by atoms with Gasteiger partial charge >= 0.3 is 0 Å². The molecule has 104 valence electrons. The number of nitrogens with two attached hydrogens (primary N) is 1. The summed E-state index contributed by atoms with van der Waals surface area (Å²) in [5.41, 5.74) is 5.06. The number of nitrogens with zero attached hydrogens (tertiary/aromatic N) is 2. The molecule has 0 saturated heterocycles. The van der Waals surface area contributed by atoms with Crippen LogP contribution < -0.4 is 5.73 Å². The Balaban J connectivity index is 2.99. The lowest BCUT2D eigenvalue weighted by atomic mass is 9.77. The zero-order valence-electron chi connectivity index (χ0n) is 11.5. The minimum Gasteiger partial charge on any atom is -0.409 e. The van der Waals surface area contributed by atoms with E-state index in [1.54, 1.807) is 11.9 Å². The van der Waals surface area contributed by atoms with Gasteiger partial charge in [0.2, 0.25) is 5.91 Å². The third-order valence-corrected chi connectivity index (χ3v) is 3.87. The van der Waals surface area contributed by atoms with Gasteiger partial charge in [-0.05, 0) is 19.3 Å². The van der Waals surface area contributed by atoms with E-state index in [4.69, 9.17) is 10.9 Å². The van der Waals surface area contributed by atoms with Crippen LogP contribution >= 0.6 is 0 Å². The van der Waals surface area contributed by atoms with Crippen LogP contribution in [0.3, 0.4) is 0 Å². The second kappa shape index (κ2) is 6.61. The molecule has 18 heavy (non-hydrogen) atoms. The highest BCUT2D eigenvalue weighted by molar-refractivity contribution is 6.06. The first-order valence-corrected chi connectivity index (χ1v) is 6.82. The van der Waals surface area contributed by atoms with Gasteiger partial charge in [0.1, 0.15) is 5.41 Å². The first-order valence-electron chi connectivity index (χ1n) is 6.82. The van der Waals surface area contributed by atoms with Crippen molar-refractivity contribution < 1.29 is 10.0 Å². The van der Waals surface area contributed by atoms with Crippen LogP contribution in [0.5, 0.6) is 0 Å². The molecule has 0 unspecified atom stereocenters. The molecule has 0 heterocycles. The molecule has 0 aromatic rings. The van der Waals surface area contributed by atoms with Crippen LogP contribution in [-0.2, 0) is 4.79 Å². The molecule has 5 nitrogen and oxygen atoms in total. The minimum absolute atomic E-state index is 0.00144. The Labute approximate surface area is 109 Å². The third-order valence-electron chi connectivity index (χ3n) is 3.87. The van der Waals surface area contributed by atoms with E-state index in [-0.39, 0.29) is 11.7 Å². The summed E-state index contributed by atoms with van der Waals surface area (Å²) in [6, 6.07) is 0. The topological polar surface area (TPSA) is 78.9 Å². The predicted molar refractivity (Wildman–Crippen MR) is 71.5 cm³/mol. The summed E-state index contributed by atoms with van der Waals surface area (Å²) in [4.78, 5) is 14.3. The number of hydrogen-bond acceptors (Lipinski definition) is 3. The highest BCUT2D eigenvalue weighted by Crippen LogP contribution is 2.37. The molecule has 1 aliphatic carbocycles. The lowest BCUT2D eigenvalue weighted by Crippen LogP contribution is -2.50. The number of oxime groups is 1. The van der Waals surface area contributed by atoms with Gasteiger partial charge in [-0.25, -0.2) is 0 Å². The smallest absolute Gasteiger partial charge is 0.236 e. The molecular formula is C13H25N3O2. The predicted octanol–water partition coefficient (Wildman–Crippen LogP) is 1.94. The Kier molecular flexibility index (Phi) is 5.44. The van der Waals surface area contributed by atoms with Crippen molar-refractivity contribution in [1.82, 2.24) is 4.90 Å². The molecule has 5 heteroatoms. The fourth-order valence-corrected chi connectivity index (χ4v) is 2.81. The summed E-state index contributed by atoms with van der Waals surface area (Å²) in [6.45, 7) is 2.74. The molecule has 1 amide bonds. The van der Waals surface area contributed by atoms with Crippen molar-refractivity contribution in [3.63, 3.8) is 0 Å². The van der Waals surface area contributed by atoms with Gasteiger partial charge in [0.25, 0.3) is 0 Å². The van der Waals surface area contributed by atoms with Gasteiger partial charge < -0.3 is 15.8 Å². The van der Waals surface area contributed by atoms with Gasteiger partial charge in [0.05, 0.1) is 0 Å². The van der Waals surface area contributed by atoms with E-state index < -0.39 is 5.41 Å². The maximum atomic E-state index is 12.6. The Bertz CT molecular complexity index is 307. The maximum Gasteiger partial charge on any atom is 0.236 e. The maximum absolute atomic E-state index is 12.6. The molecule has 0 bridgehead atoms. The van der Waals surface area contributed by atoms with E-state index in [1.807, 2.05) is 6.92 Å². The first kappa shape index (κ1) is 14.8. The van der Waals surface area contributed by atoms with Crippen LogP contribution in [0.15, 0.2) is 5.16 Å². The quantitative estimate of drug-likeness (QED) is 0.265. The van der Waals surface area contributed by atoms with Gasteiger partial charge in [-0.15, -0.1) is 0 Å². The molecule has 0 aliphatic heterocycles. The number of amides is 1. The molecule has 0 aromatic heterocycles. The van der Waals surface area contributed by atoms with Crippen molar-refractivity contribution in [3.8, 4) is 0 Å². The molecule has 0 atom stereocenters. The second-order valence-electron chi connectivity index (χ2n) is 5.21. The molecule has 1 fully saturated rings. The van der Waals surface area contributed by atoms with E-state index in [2.05, 4.69) is 5.16 Å². The molecule has 0 aromatic carbocycles. The number of carbonyl (C=O) groups is 1. The van der Waals surface area contributed by atoms with Crippen molar-refractivity contribution in [2.24, 2.45) is 16.3 Å². The van der Waals surface area contributed by atoms with E-state index in [0.29, 0.717) is 19.4 Å². The number of amidine groups is 1. The fraction of sp³-hybridized carbons (Fsp3) is 0.846. The zero-order valence-corrected chi connectivity index (χ0v) is 11.5. The van der Waals surface area contributed by atoms with E-state index in [9.17, 15) is 4.79 Å². The number of hydrogen-bond donors (Lipinski definition) is 2. The van der Waals surface area contributed by atoms with Gasteiger partial charge in [0, 0.05) is 13.6 Å². The van der Waals surface area contributed by atoms with Crippen LogP contribution in [0.4, 0.5) is 0 Å². The SMILES string of the molecule is CCCN(C)C(=O)C1(C(N)=NO)CCCCCC1. The Hall–Kier alpha value is -1.26. The second-order valence-corrected chi connectivity index (χ2v) is 5.21. The van der Waals surface area contributed by atoms with Crippen LogP contribution in [0.2, 0.25) is 0 Å². The summed E-state index contributed by atoms with van der Waals surface area (Å²) in [5, 5.41) is 12.1. The normalized spacial score (nSPS) is 20.2. The van der Waals surface area contributed by atoms with Crippen LogP contribution in [-0.4, -0.2) is 35.4 Å². The monoisotopic (exact) mass is 255 g/mol. The number of carbonyl (C=O) groups excluding carboxylic acids is 1. The molecular weight excluding hydrogens is 230 g/mol. The summed E-state index contributed by atoms with van der Waals surface area (Å²) in [5.74, 6) is 0.0823. The molecule has 3 N–H and O–H groups in total.